The number of likely N-dealkylation sites (N-methyl/N-ethyl adjacent to an activating group) is 1. The Morgan fingerprint density at radius 3 is 2.65 bits per heavy atom. The van der Waals surface area contributed by atoms with Crippen LogP contribution in [-0.4, -0.2) is 64.7 Å². The molecule has 2 aromatic rings. The van der Waals surface area contributed by atoms with Gasteiger partial charge in [-0.2, -0.15) is 0 Å². The maximum atomic E-state index is 13.4. The molecule has 1 unspecified atom stereocenters. The number of carbonyl (C=O) groups is 2. The van der Waals surface area contributed by atoms with Crippen LogP contribution in [0.5, 0.6) is 11.5 Å². The number of hydrogen-bond acceptors (Lipinski definition) is 6. The lowest BCUT2D eigenvalue weighted by atomic mass is 9.95. The molecule has 0 fully saturated rings. The topological polar surface area (TPSA) is 82.4 Å². The molecule has 5 rings (SSSR count). The second kappa shape index (κ2) is 7.35. The average molecular weight is 417 g/mol. The van der Waals surface area contributed by atoms with Gasteiger partial charge in [0, 0.05) is 23.9 Å². The van der Waals surface area contributed by atoms with E-state index in [0.29, 0.717) is 35.3 Å². The lowest BCUT2D eigenvalue weighted by molar-refractivity contribution is 0.0637. The van der Waals surface area contributed by atoms with Crippen LogP contribution < -0.4 is 4.74 Å². The molecule has 1 atom stereocenters. The van der Waals surface area contributed by atoms with Gasteiger partial charge in [0.25, 0.3) is 11.8 Å². The maximum absolute atomic E-state index is 13.4. The minimum atomic E-state index is -0.399. The van der Waals surface area contributed by atoms with Crippen LogP contribution in [0.1, 0.15) is 34.6 Å². The summed E-state index contributed by atoms with van der Waals surface area (Å²) in [5, 5.41) is 11.3. The number of allylic oxidation sites excluding steroid dienone is 2. The van der Waals surface area contributed by atoms with Gasteiger partial charge in [-0.1, -0.05) is 26.0 Å². The van der Waals surface area contributed by atoms with Crippen LogP contribution in [0.4, 0.5) is 5.69 Å². The summed E-state index contributed by atoms with van der Waals surface area (Å²) in [6, 6.07) is 4.80. The standard InChI is InChI=1S/C24H23N3O4/c1-3-26(4-2)11-12-27-23(29)19-16-13-14(28)9-10-15(16)21-22(20(19)24(27)30)31-18-8-6-5-7-17(18)25-21/h5-10,13,18,28H,3-4,11-12H2,1-2H3. The highest BCUT2D eigenvalue weighted by molar-refractivity contribution is 6.30. The van der Waals surface area contributed by atoms with Gasteiger partial charge < -0.3 is 14.7 Å². The molecule has 158 valence electrons. The predicted octanol–water partition coefficient (Wildman–Crippen LogP) is 3.44. The van der Waals surface area contributed by atoms with Crippen LogP contribution in [0, 0.1) is 0 Å². The molecule has 0 spiro atoms. The van der Waals surface area contributed by atoms with Crippen molar-refractivity contribution >= 4 is 34.0 Å². The van der Waals surface area contributed by atoms with E-state index < -0.39 is 6.10 Å². The monoisotopic (exact) mass is 417 g/mol. The van der Waals surface area contributed by atoms with E-state index in [4.69, 9.17) is 9.73 Å². The molecule has 1 N–H and O–H groups in total. The van der Waals surface area contributed by atoms with Gasteiger partial charge in [0.2, 0.25) is 0 Å². The van der Waals surface area contributed by atoms with E-state index in [1.54, 1.807) is 12.1 Å². The van der Waals surface area contributed by atoms with Crippen molar-refractivity contribution in [3.05, 3.63) is 53.6 Å². The van der Waals surface area contributed by atoms with Crippen LogP contribution in [-0.2, 0) is 0 Å². The molecule has 2 aliphatic heterocycles. The lowest BCUT2D eigenvalue weighted by Crippen LogP contribution is -2.38. The van der Waals surface area contributed by atoms with E-state index in [-0.39, 0.29) is 28.7 Å². The van der Waals surface area contributed by atoms with E-state index in [1.165, 1.54) is 11.0 Å². The fourth-order valence-corrected chi connectivity index (χ4v) is 4.40. The fraction of sp³-hybridized carbons (Fsp3) is 0.292. The molecule has 0 bridgehead atoms. The Kier molecular flexibility index (Phi) is 4.63. The minimum Gasteiger partial charge on any atom is -0.508 e. The number of imide groups is 1. The summed E-state index contributed by atoms with van der Waals surface area (Å²) < 4.78 is 6.21. The van der Waals surface area contributed by atoms with Crippen LogP contribution in [0.15, 0.2) is 47.5 Å². The first-order valence-electron chi connectivity index (χ1n) is 10.5. The van der Waals surface area contributed by atoms with Gasteiger partial charge in [-0.05, 0) is 43.4 Å². The Labute approximate surface area is 179 Å². The normalized spacial score (nSPS) is 18.9. The highest BCUT2D eigenvalue weighted by Crippen LogP contribution is 2.48. The number of fused-ring (bicyclic) bond motifs is 7. The van der Waals surface area contributed by atoms with Crippen molar-refractivity contribution in [3.8, 4) is 11.5 Å². The summed E-state index contributed by atoms with van der Waals surface area (Å²) in [7, 11) is 0. The quantitative estimate of drug-likeness (QED) is 0.754. The average Bonchev–Trinajstić information content (AvgIpc) is 3.03. The van der Waals surface area contributed by atoms with Crippen molar-refractivity contribution < 1.29 is 19.4 Å². The molecule has 3 aliphatic rings. The summed E-state index contributed by atoms with van der Waals surface area (Å²) in [5.74, 6) is -0.365. The Morgan fingerprint density at radius 1 is 1.10 bits per heavy atom. The lowest BCUT2D eigenvalue weighted by Gasteiger charge is -2.26. The van der Waals surface area contributed by atoms with Crippen molar-refractivity contribution in [2.75, 3.05) is 26.2 Å². The zero-order valence-electron chi connectivity index (χ0n) is 17.5. The third kappa shape index (κ3) is 2.96. The van der Waals surface area contributed by atoms with Gasteiger partial charge in [0.1, 0.15) is 11.4 Å². The number of rotatable bonds is 5. The second-order valence-electron chi connectivity index (χ2n) is 7.77. The van der Waals surface area contributed by atoms with Gasteiger partial charge in [0.05, 0.1) is 16.8 Å². The number of nitrogens with zero attached hydrogens (tertiary/aromatic N) is 3. The van der Waals surface area contributed by atoms with Crippen molar-refractivity contribution in [1.82, 2.24) is 9.80 Å². The molecule has 1 aliphatic carbocycles. The molecule has 2 amide bonds. The van der Waals surface area contributed by atoms with Gasteiger partial charge in [-0.3, -0.25) is 14.5 Å². The first-order valence-corrected chi connectivity index (χ1v) is 10.5. The van der Waals surface area contributed by atoms with Crippen molar-refractivity contribution in [3.63, 3.8) is 0 Å². The van der Waals surface area contributed by atoms with Gasteiger partial charge in [-0.25, -0.2) is 4.99 Å². The molecule has 0 saturated carbocycles. The number of amides is 2. The maximum Gasteiger partial charge on any atom is 0.265 e. The number of phenolic OH excluding ortho intramolecular Hbond substituents is 1. The molecule has 7 nitrogen and oxygen atoms in total. The van der Waals surface area contributed by atoms with Crippen molar-refractivity contribution in [1.29, 1.82) is 0 Å². The fourth-order valence-electron chi connectivity index (χ4n) is 4.40. The number of aromatic hydroxyl groups is 1. The zero-order valence-corrected chi connectivity index (χ0v) is 17.5. The zero-order chi connectivity index (χ0) is 21.7. The minimum absolute atomic E-state index is 0.0271. The number of benzene rings is 2. The number of hydrogen-bond donors (Lipinski definition) is 1. The highest BCUT2D eigenvalue weighted by atomic mass is 16.5. The Bertz CT molecular complexity index is 1210. The van der Waals surface area contributed by atoms with Crippen LogP contribution in [0.25, 0.3) is 10.8 Å². The highest BCUT2D eigenvalue weighted by Gasteiger charge is 2.43. The number of carbonyl (C=O) groups excluding carboxylic acids is 2. The van der Waals surface area contributed by atoms with Gasteiger partial charge in [-0.15, -0.1) is 0 Å². The summed E-state index contributed by atoms with van der Waals surface area (Å²) in [4.78, 5) is 35.0. The van der Waals surface area contributed by atoms with E-state index >= 15 is 0 Å². The predicted molar refractivity (Wildman–Crippen MR) is 119 cm³/mol. The molecule has 31 heavy (non-hydrogen) atoms. The first-order chi connectivity index (χ1) is 15.0. The number of phenols is 1. The summed E-state index contributed by atoms with van der Waals surface area (Å²) in [6.45, 7) is 6.68. The molecular weight excluding hydrogens is 394 g/mol. The molecular formula is C24H23N3O4. The first kappa shape index (κ1) is 19.5. The van der Waals surface area contributed by atoms with Crippen LogP contribution >= 0.6 is 0 Å². The summed E-state index contributed by atoms with van der Waals surface area (Å²) >= 11 is 0. The number of aliphatic imine (C=N–C) groups is 1. The SMILES string of the molecule is CCN(CC)CCN1C(=O)c2c3c(c4ccc(O)cc4c2C1=O)N=C1C=CC=CC1O3. The molecule has 2 heterocycles. The van der Waals surface area contributed by atoms with Gasteiger partial charge in [0.15, 0.2) is 11.9 Å². The van der Waals surface area contributed by atoms with E-state index in [0.717, 1.165) is 18.8 Å². The largest absolute Gasteiger partial charge is 0.508 e. The van der Waals surface area contributed by atoms with E-state index in [1.807, 2.05) is 38.2 Å². The molecule has 7 heteroatoms. The van der Waals surface area contributed by atoms with Crippen molar-refractivity contribution in [2.24, 2.45) is 4.99 Å². The van der Waals surface area contributed by atoms with E-state index in [2.05, 4.69) is 4.90 Å². The second-order valence-corrected chi connectivity index (χ2v) is 7.77. The molecule has 2 aromatic carbocycles. The molecule has 0 saturated heterocycles. The number of ether oxygens (including phenoxy) is 1. The smallest absolute Gasteiger partial charge is 0.265 e. The molecule has 0 aromatic heterocycles. The van der Waals surface area contributed by atoms with Crippen LogP contribution in [0.3, 0.4) is 0 Å². The summed E-state index contributed by atoms with van der Waals surface area (Å²) in [6.07, 6.45) is 7.10. The van der Waals surface area contributed by atoms with Gasteiger partial charge >= 0.3 is 0 Å². The third-order valence-electron chi connectivity index (χ3n) is 6.11. The Balaban J connectivity index is 1.69. The Hall–Kier alpha value is -3.45. The van der Waals surface area contributed by atoms with E-state index in [9.17, 15) is 14.7 Å². The summed E-state index contributed by atoms with van der Waals surface area (Å²) in [5.41, 5.74) is 1.78. The Morgan fingerprint density at radius 2 is 1.87 bits per heavy atom. The third-order valence-corrected chi connectivity index (χ3v) is 6.11. The molecule has 0 radical (unpaired) electrons. The van der Waals surface area contributed by atoms with Crippen molar-refractivity contribution in [2.45, 2.75) is 20.0 Å². The van der Waals surface area contributed by atoms with Crippen LogP contribution in [0.2, 0.25) is 0 Å².